The van der Waals surface area contributed by atoms with E-state index in [0.29, 0.717) is 11.0 Å². The first-order chi connectivity index (χ1) is 13.1. The third kappa shape index (κ3) is 3.63. The molecule has 2 aliphatic heterocycles. The van der Waals surface area contributed by atoms with E-state index in [0.717, 1.165) is 38.2 Å². The number of nitrogens with zero attached hydrogens (tertiary/aromatic N) is 4. The lowest BCUT2D eigenvalue weighted by molar-refractivity contribution is 0.148. The number of rotatable bonds is 3. The first-order valence-corrected chi connectivity index (χ1v) is 9.45. The van der Waals surface area contributed by atoms with Crippen molar-refractivity contribution in [3.8, 4) is 0 Å². The van der Waals surface area contributed by atoms with Crippen LogP contribution < -0.4 is 16.4 Å². The Bertz CT molecular complexity index is 864. The Kier molecular flexibility index (Phi) is 4.76. The molecular weight excluding hydrogens is 360 g/mol. The van der Waals surface area contributed by atoms with E-state index < -0.39 is 5.66 Å². The Balaban J connectivity index is 1.66. The van der Waals surface area contributed by atoms with Gasteiger partial charge in [0.25, 0.3) is 0 Å². The molecule has 0 aromatic heterocycles. The molecule has 4 N–H and O–H groups in total. The van der Waals surface area contributed by atoms with E-state index in [1.807, 2.05) is 35.2 Å². The van der Waals surface area contributed by atoms with E-state index in [1.54, 1.807) is 0 Å². The molecule has 6 nitrogen and oxygen atoms in total. The summed E-state index contributed by atoms with van der Waals surface area (Å²) in [6, 6.07) is 18.0. The summed E-state index contributed by atoms with van der Waals surface area (Å²) in [6.07, 6.45) is 1.86. The molecule has 140 valence electrons. The Morgan fingerprint density at radius 3 is 2.52 bits per heavy atom. The molecule has 0 aliphatic carbocycles. The van der Waals surface area contributed by atoms with E-state index >= 15 is 0 Å². The molecule has 0 amide bonds. The molecule has 27 heavy (non-hydrogen) atoms. The highest BCUT2D eigenvalue weighted by molar-refractivity contribution is 6.30. The van der Waals surface area contributed by atoms with Gasteiger partial charge in [-0.2, -0.15) is 4.99 Å². The third-order valence-corrected chi connectivity index (χ3v) is 5.31. The van der Waals surface area contributed by atoms with Crippen molar-refractivity contribution < 1.29 is 0 Å². The summed E-state index contributed by atoms with van der Waals surface area (Å²) < 4.78 is 0. The van der Waals surface area contributed by atoms with Crippen molar-refractivity contribution in [3.63, 3.8) is 0 Å². The minimum Gasteiger partial charge on any atom is -0.369 e. The van der Waals surface area contributed by atoms with Gasteiger partial charge < -0.3 is 11.5 Å². The van der Waals surface area contributed by atoms with Gasteiger partial charge >= 0.3 is 0 Å². The van der Waals surface area contributed by atoms with Crippen LogP contribution >= 0.6 is 11.6 Å². The van der Waals surface area contributed by atoms with Crippen LogP contribution in [0.5, 0.6) is 0 Å². The lowest BCUT2D eigenvalue weighted by atomic mass is 9.95. The van der Waals surface area contributed by atoms with Crippen molar-refractivity contribution in [3.05, 3.63) is 65.2 Å². The standard InChI is InChI=1S/C20H23ClN6/c21-16-7-9-17(10-8-16)27-19(23)24-18(22)25-20(27)11-4-12-26(14-20)13-15-5-2-1-3-6-15/h1-3,5-10H,4,11-14H2,(H4,22,23,24,25). The van der Waals surface area contributed by atoms with Crippen LogP contribution in [0.1, 0.15) is 18.4 Å². The molecule has 2 heterocycles. The van der Waals surface area contributed by atoms with Crippen LogP contribution in [0.2, 0.25) is 5.02 Å². The molecule has 0 bridgehead atoms. The topological polar surface area (TPSA) is 83.2 Å². The van der Waals surface area contributed by atoms with Crippen molar-refractivity contribution >= 4 is 29.2 Å². The van der Waals surface area contributed by atoms with Crippen LogP contribution in [0.3, 0.4) is 0 Å². The zero-order valence-electron chi connectivity index (χ0n) is 15.1. The number of anilines is 1. The number of guanidine groups is 2. The molecule has 7 heteroatoms. The highest BCUT2D eigenvalue weighted by atomic mass is 35.5. The third-order valence-electron chi connectivity index (χ3n) is 5.06. The lowest BCUT2D eigenvalue weighted by Gasteiger charge is -2.48. The second-order valence-electron chi connectivity index (χ2n) is 7.03. The molecule has 1 fully saturated rings. The maximum atomic E-state index is 6.31. The summed E-state index contributed by atoms with van der Waals surface area (Å²) >= 11 is 6.07. The zero-order chi connectivity index (χ0) is 18.9. The number of hydrogen-bond acceptors (Lipinski definition) is 6. The fourth-order valence-corrected chi connectivity index (χ4v) is 4.11. The predicted molar refractivity (Wildman–Crippen MR) is 111 cm³/mol. The number of hydrogen-bond donors (Lipinski definition) is 2. The average Bonchev–Trinajstić information content (AvgIpc) is 2.63. The minimum atomic E-state index is -0.559. The summed E-state index contributed by atoms with van der Waals surface area (Å²) in [6.45, 7) is 2.60. The highest BCUT2D eigenvalue weighted by Crippen LogP contribution is 2.36. The van der Waals surface area contributed by atoms with Crippen molar-refractivity contribution in [2.75, 3.05) is 18.0 Å². The Morgan fingerprint density at radius 2 is 1.78 bits per heavy atom. The SMILES string of the molecule is NC1=NC2(CCCN(Cc3ccccc3)C2)N(c2ccc(Cl)cc2)C(N)=N1. The summed E-state index contributed by atoms with van der Waals surface area (Å²) in [5.74, 6) is 0.602. The van der Waals surface area contributed by atoms with E-state index in [1.165, 1.54) is 5.56 Å². The number of likely N-dealkylation sites (tertiary alicyclic amines) is 1. The monoisotopic (exact) mass is 382 g/mol. The largest absolute Gasteiger partial charge is 0.369 e. The quantitative estimate of drug-likeness (QED) is 0.855. The molecule has 1 spiro atoms. The van der Waals surface area contributed by atoms with Gasteiger partial charge in [-0.1, -0.05) is 41.9 Å². The maximum Gasteiger partial charge on any atom is 0.220 e. The first kappa shape index (κ1) is 17.8. The Labute approximate surface area is 164 Å². The highest BCUT2D eigenvalue weighted by Gasteiger charge is 2.44. The molecular formula is C20H23ClN6. The smallest absolute Gasteiger partial charge is 0.220 e. The van der Waals surface area contributed by atoms with E-state index in [2.05, 4.69) is 34.2 Å². The number of piperidine rings is 1. The summed E-state index contributed by atoms with van der Waals surface area (Å²) in [4.78, 5) is 13.4. The van der Waals surface area contributed by atoms with Gasteiger partial charge in [0.2, 0.25) is 11.9 Å². The summed E-state index contributed by atoms with van der Waals surface area (Å²) in [7, 11) is 0. The maximum absolute atomic E-state index is 6.31. The summed E-state index contributed by atoms with van der Waals surface area (Å²) in [5.41, 5.74) is 14.0. The van der Waals surface area contributed by atoms with Crippen LogP contribution in [-0.2, 0) is 6.54 Å². The van der Waals surface area contributed by atoms with Crippen molar-refractivity contribution in [2.45, 2.75) is 25.0 Å². The number of nitrogens with two attached hydrogens (primary N) is 2. The average molecular weight is 383 g/mol. The first-order valence-electron chi connectivity index (χ1n) is 9.07. The van der Waals surface area contributed by atoms with Gasteiger partial charge in [-0.3, -0.25) is 9.80 Å². The van der Waals surface area contributed by atoms with Crippen molar-refractivity contribution in [1.29, 1.82) is 0 Å². The van der Waals surface area contributed by atoms with Crippen molar-refractivity contribution in [2.24, 2.45) is 21.5 Å². The molecule has 0 saturated carbocycles. The van der Waals surface area contributed by atoms with Crippen LogP contribution in [0.4, 0.5) is 5.69 Å². The fourth-order valence-electron chi connectivity index (χ4n) is 3.98. The van der Waals surface area contributed by atoms with E-state index in [9.17, 15) is 0 Å². The van der Waals surface area contributed by atoms with Crippen LogP contribution in [0, 0.1) is 0 Å². The van der Waals surface area contributed by atoms with Gasteiger partial charge in [-0.15, -0.1) is 0 Å². The molecule has 4 rings (SSSR count). The van der Waals surface area contributed by atoms with Gasteiger partial charge in [0.05, 0.1) is 0 Å². The second-order valence-corrected chi connectivity index (χ2v) is 7.47. The zero-order valence-corrected chi connectivity index (χ0v) is 15.8. The number of aliphatic imine (C=N–C) groups is 2. The van der Waals surface area contributed by atoms with Gasteiger partial charge in [-0.25, -0.2) is 4.99 Å². The Hall–Kier alpha value is -2.57. The van der Waals surface area contributed by atoms with Gasteiger partial charge in [0.15, 0.2) is 5.66 Å². The summed E-state index contributed by atoms with van der Waals surface area (Å²) in [5, 5.41) is 0.678. The molecule has 1 saturated heterocycles. The normalized spacial score (nSPS) is 23.2. The fraction of sp³-hybridized carbons (Fsp3) is 0.300. The predicted octanol–water partition coefficient (Wildman–Crippen LogP) is 2.78. The minimum absolute atomic E-state index is 0.235. The van der Waals surface area contributed by atoms with E-state index in [4.69, 9.17) is 28.1 Å². The van der Waals surface area contributed by atoms with Gasteiger partial charge in [0.1, 0.15) is 0 Å². The molecule has 2 aromatic carbocycles. The molecule has 1 unspecified atom stereocenters. The Morgan fingerprint density at radius 1 is 1.04 bits per heavy atom. The van der Waals surface area contributed by atoms with Gasteiger partial charge in [0, 0.05) is 23.8 Å². The molecule has 0 radical (unpaired) electrons. The van der Waals surface area contributed by atoms with Gasteiger partial charge in [-0.05, 0) is 49.2 Å². The number of benzene rings is 2. The number of halogens is 1. The van der Waals surface area contributed by atoms with E-state index in [-0.39, 0.29) is 5.96 Å². The molecule has 1 atom stereocenters. The van der Waals surface area contributed by atoms with Crippen LogP contribution in [0.15, 0.2) is 64.6 Å². The van der Waals surface area contributed by atoms with Crippen LogP contribution in [0.25, 0.3) is 0 Å². The van der Waals surface area contributed by atoms with Crippen LogP contribution in [-0.4, -0.2) is 35.6 Å². The molecule has 2 aliphatic rings. The lowest BCUT2D eigenvalue weighted by Crippen LogP contribution is -2.63. The second kappa shape index (κ2) is 7.21. The van der Waals surface area contributed by atoms with Crippen molar-refractivity contribution in [1.82, 2.24) is 4.90 Å². The molecule has 2 aromatic rings.